The topological polar surface area (TPSA) is 141 Å². The van der Waals surface area contributed by atoms with Crippen LogP contribution >= 0.6 is 0 Å². The molecule has 0 aliphatic heterocycles. The van der Waals surface area contributed by atoms with E-state index in [-0.39, 0.29) is 17.7 Å². The minimum atomic E-state index is -1.07. The molecule has 0 saturated carbocycles. The van der Waals surface area contributed by atoms with Crippen LogP contribution in [0.2, 0.25) is 0 Å². The van der Waals surface area contributed by atoms with E-state index in [1.807, 2.05) is 0 Å². The molecule has 3 amide bonds. The quantitative estimate of drug-likeness (QED) is 0.527. The summed E-state index contributed by atoms with van der Waals surface area (Å²) in [6.45, 7) is 0. The Morgan fingerprint density at radius 3 is 2.33 bits per heavy atom. The minimum Gasteiger partial charge on any atom is -0.370 e. The first-order valence-corrected chi connectivity index (χ1v) is 5.15. The second-order valence-corrected chi connectivity index (χ2v) is 3.68. The number of hydrogen-bond donors (Lipinski definition) is 4. The number of para-hydroxylation sites is 1. The number of anilines is 1. The standard InChI is InChI=1S/C11H14N4O3/c12-7(5-9(13)16)11(18)15-8-4-2-1-3-6(8)10(14)17/h1-4,7H,5,12H2,(H2,13,16)(H2,14,17)(H,15,18). The highest BCUT2D eigenvalue weighted by molar-refractivity contribution is 6.04. The van der Waals surface area contributed by atoms with E-state index >= 15 is 0 Å². The maximum absolute atomic E-state index is 11.6. The van der Waals surface area contributed by atoms with Gasteiger partial charge in [-0.1, -0.05) is 12.1 Å². The number of carbonyl (C=O) groups excluding carboxylic acids is 3. The molecule has 0 bridgehead atoms. The van der Waals surface area contributed by atoms with Gasteiger partial charge in [0, 0.05) is 0 Å². The average Bonchev–Trinajstić information content (AvgIpc) is 2.28. The van der Waals surface area contributed by atoms with Crippen molar-refractivity contribution < 1.29 is 14.4 Å². The van der Waals surface area contributed by atoms with Crippen molar-refractivity contribution in [3.63, 3.8) is 0 Å². The molecule has 0 fully saturated rings. The molecule has 0 aliphatic carbocycles. The summed E-state index contributed by atoms with van der Waals surface area (Å²) in [7, 11) is 0. The lowest BCUT2D eigenvalue weighted by Gasteiger charge is -2.12. The summed E-state index contributed by atoms with van der Waals surface area (Å²) in [5.41, 5.74) is 16.0. The fourth-order valence-electron chi connectivity index (χ4n) is 1.34. The maximum atomic E-state index is 11.6. The van der Waals surface area contributed by atoms with E-state index in [0.717, 1.165) is 0 Å². The van der Waals surface area contributed by atoms with Gasteiger partial charge in [-0.2, -0.15) is 0 Å². The van der Waals surface area contributed by atoms with Crippen LogP contribution in [0.25, 0.3) is 0 Å². The van der Waals surface area contributed by atoms with Gasteiger partial charge in [-0.05, 0) is 12.1 Å². The average molecular weight is 250 g/mol. The third-order valence-corrected chi connectivity index (χ3v) is 2.21. The monoisotopic (exact) mass is 250 g/mol. The molecule has 0 aromatic heterocycles. The first kappa shape index (κ1) is 13.7. The molecule has 0 spiro atoms. The van der Waals surface area contributed by atoms with Crippen molar-refractivity contribution in [2.75, 3.05) is 5.32 Å². The van der Waals surface area contributed by atoms with Gasteiger partial charge >= 0.3 is 0 Å². The van der Waals surface area contributed by atoms with Crippen LogP contribution < -0.4 is 22.5 Å². The van der Waals surface area contributed by atoms with Crippen molar-refractivity contribution in [3.8, 4) is 0 Å². The van der Waals surface area contributed by atoms with Crippen LogP contribution in [0, 0.1) is 0 Å². The number of nitrogens with one attached hydrogen (secondary N) is 1. The number of nitrogens with two attached hydrogens (primary N) is 3. The van der Waals surface area contributed by atoms with Crippen LogP contribution in [0.1, 0.15) is 16.8 Å². The number of rotatable bonds is 5. The molecular weight excluding hydrogens is 236 g/mol. The molecule has 1 aromatic rings. The summed E-state index contributed by atoms with van der Waals surface area (Å²) < 4.78 is 0. The summed E-state index contributed by atoms with van der Waals surface area (Å²) in [5.74, 6) is -1.96. The lowest BCUT2D eigenvalue weighted by Crippen LogP contribution is -2.39. The summed E-state index contributed by atoms with van der Waals surface area (Å²) in [4.78, 5) is 33.4. The summed E-state index contributed by atoms with van der Waals surface area (Å²) in [5, 5.41) is 2.42. The van der Waals surface area contributed by atoms with Gasteiger partial charge in [-0.15, -0.1) is 0 Å². The highest BCUT2D eigenvalue weighted by atomic mass is 16.2. The molecule has 0 aliphatic rings. The van der Waals surface area contributed by atoms with Gasteiger partial charge in [-0.25, -0.2) is 0 Å². The zero-order valence-electron chi connectivity index (χ0n) is 9.55. The molecule has 1 unspecified atom stereocenters. The molecule has 96 valence electrons. The minimum absolute atomic E-state index is 0.164. The van der Waals surface area contributed by atoms with Gasteiger partial charge < -0.3 is 22.5 Å². The zero-order chi connectivity index (χ0) is 13.7. The molecule has 7 nitrogen and oxygen atoms in total. The third kappa shape index (κ3) is 3.56. The van der Waals surface area contributed by atoms with Gasteiger partial charge in [0.05, 0.1) is 23.7 Å². The van der Waals surface area contributed by atoms with Crippen LogP contribution in [0.4, 0.5) is 5.69 Å². The first-order valence-electron chi connectivity index (χ1n) is 5.15. The van der Waals surface area contributed by atoms with E-state index in [1.165, 1.54) is 12.1 Å². The maximum Gasteiger partial charge on any atom is 0.250 e. The molecule has 0 heterocycles. The molecular formula is C11H14N4O3. The smallest absolute Gasteiger partial charge is 0.250 e. The van der Waals surface area contributed by atoms with E-state index in [1.54, 1.807) is 12.1 Å². The third-order valence-electron chi connectivity index (χ3n) is 2.21. The van der Waals surface area contributed by atoms with E-state index in [9.17, 15) is 14.4 Å². The summed E-state index contributed by atoms with van der Waals surface area (Å²) in [6, 6.07) is 5.15. The molecule has 1 aromatic carbocycles. The fourth-order valence-corrected chi connectivity index (χ4v) is 1.34. The molecule has 18 heavy (non-hydrogen) atoms. The highest BCUT2D eigenvalue weighted by Crippen LogP contribution is 2.14. The lowest BCUT2D eigenvalue weighted by molar-refractivity contribution is -0.123. The van der Waals surface area contributed by atoms with Crippen LogP contribution in [-0.4, -0.2) is 23.8 Å². The Hall–Kier alpha value is -2.41. The SMILES string of the molecule is NC(=O)CC(N)C(=O)Nc1ccccc1C(N)=O. The molecule has 7 heteroatoms. The van der Waals surface area contributed by atoms with Crippen molar-refractivity contribution in [1.82, 2.24) is 0 Å². The number of amides is 3. The molecule has 7 N–H and O–H groups in total. The largest absolute Gasteiger partial charge is 0.370 e. The van der Waals surface area contributed by atoms with Gasteiger partial charge in [0.25, 0.3) is 5.91 Å². The van der Waals surface area contributed by atoms with Crippen LogP contribution in [0.5, 0.6) is 0 Å². The Kier molecular flexibility index (Phi) is 4.39. The molecule has 0 saturated heterocycles. The predicted octanol–water partition coefficient (Wildman–Crippen LogP) is -1.07. The predicted molar refractivity (Wildman–Crippen MR) is 65.4 cm³/mol. The van der Waals surface area contributed by atoms with Crippen molar-refractivity contribution in [2.24, 2.45) is 17.2 Å². The van der Waals surface area contributed by atoms with Crippen molar-refractivity contribution in [3.05, 3.63) is 29.8 Å². The molecule has 0 radical (unpaired) electrons. The lowest BCUT2D eigenvalue weighted by atomic mass is 10.1. The Morgan fingerprint density at radius 1 is 1.17 bits per heavy atom. The second kappa shape index (κ2) is 5.78. The number of benzene rings is 1. The van der Waals surface area contributed by atoms with Gasteiger partial charge in [0.2, 0.25) is 11.8 Å². The first-order chi connectivity index (χ1) is 8.41. The van der Waals surface area contributed by atoms with Gasteiger partial charge in [0.15, 0.2) is 0 Å². The van der Waals surface area contributed by atoms with Crippen molar-refractivity contribution in [1.29, 1.82) is 0 Å². The van der Waals surface area contributed by atoms with Crippen molar-refractivity contribution >= 4 is 23.4 Å². The van der Waals surface area contributed by atoms with E-state index in [4.69, 9.17) is 17.2 Å². The Labute approximate surface area is 103 Å². The number of carbonyl (C=O) groups is 3. The van der Waals surface area contributed by atoms with E-state index in [2.05, 4.69) is 5.32 Å². The summed E-state index contributed by atoms with van der Waals surface area (Å²) in [6.07, 6.45) is -0.273. The van der Waals surface area contributed by atoms with E-state index < -0.39 is 23.8 Å². The zero-order valence-corrected chi connectivity index (χ0v) is 9.55. The fraction of sp³-hybridized carbons (Fsp3) is 0.182. The Balaban J connectivity index is 2.82. The van der Waals surface area contributed by atoms with Crippen LogP contribution in [-0.2, 0) is 9.59 Å². The number of primary amides is 2. The van der Waals surface area contributed by atoms with Crippen molar-refractivity contribution in [2.45, 2.75) is 12.5 Å². The number of hydrogen-bond acceptors (Lipinski definition) is 4. The summed E-state index contributed by atoms with van der Waals surface area (Å²) >= 11 is 0. The Morgan fingerprint density at radius 2 is 1.78 bits per heavy atom. The molecule has 1 rings (SSSR count). The van der Waals surface area contributed by atoms with E-state index in [0.29, 0.717) is 0 Å². The molecule has 1 atom stereocenters. The second-order valence-electron chi connectivity index (χ2n) is 3.68. The normalized spacial score (nSPS) is 11.6. The van der Waals surface area contributed by atoms with Crippen LogP contribution in [0.15, 0.2) is 24.3 Å². The van der Waals surface area contributed by atoms with Crippen LogP contribution in [0.3, 0.4) is 0 Å². The highest BCUT2D eigenvalue weighted by Gasteiger charge is 2.18. The Bertz CT molecular complexity index is 487. The van der Waals surface area contributed by atoms with Gasteiger partial charge in [-0.3, -0.25) is 14.4 Å². The van der Waals surface area contributed by atoms with Gasteiger partial charge in [0.1, 0.15) is 0 Å².